The number of amides is 1. The van der Waals surface area contributed by atoms with Crippen LogP contribution >= 0.6 is 0 Å². The van der Waals surface area contributed by atoms with Crippen molar-refractivity contribution >= 4 is 5.91 Å². The van der Waals surface area contributed by atoms with Gasteiger partial charge in [0.2, 0.25) is 0 Å². The lowest BCUT2D eigenvalue weighted by molar-refractivity contribution is -0.183. The van der Waals surface area contributed by atoms with E-state index in [-0.39, 0.29) is 6.54 Å². The number of carbonyl (C=O) groups is 1. The third kappa shape index (κ3) is 2.03. The number of benzene rings is 1. The monoisotopic (exact) mass is 227 g/mol. The van der Waals surface area contributed by atoms with Crippen molar-refractivity contribution in [2.45, 2.75) is 12.6 Å². The van der Waals surface area contributed by atoms with Crippen molar-refractivity contribution in [2.24, 2.45) is 0 Å². The molecule has 2 nitrogen and oxygen atoms in total. The minimum absolute atomic E-state index is 0.0232. The minimum atomic E-state index is -4.83. The molecule has 0 aromatic heterocycles. The van der Waals surface area contributed by atoms with E-state index in [1.807, 2.05) is 12.1 Å². The average molecular weight is 227 g/mol. The van der Waals surface area contributed by atoms with E-state index in [1.165, 1.54) is 0 Å². The number of halogens is 3. The molecule has 1 aliphatic rings. The molecule has 0 aliphatic carbocycles. The Labute approximate surface area is 90.7 Å². The molecule has 0 N–H and O–H groups in total. The Morgan fingerprint density at radius 1 is 1.31 bits per heavy atom. The lowest BCUT2D eigenvalue weighted by atomic mass is 10.00. The Bertz CT molecular complexity index is 414. The lowest BCUT2D eigenvalue weighted by Gasteiger charge is -2.27. The molecule has 2 radical (unpaired) electrons. The van der Waals surface area contributed by atoms with Crippen LogP contribution in [0.2, 0.25) is 0 Å². The van der Waals surface area contributed by atoms with Gasteiger partial charge in [-0.25, -0.2) is 0 Å². The van der Waals surface area contributed by atoms with Crippen molar-refractivity contribution in [1.82, 2.24) is 4.90 Å². The van der Waals surface area contributed by atoms with Gasteiger partial charge in [0.15, 0.2) is 0 Å². The second-order valence-corrected chi connectivity index (χ2v) is 3.47. The van der Waals surface area contributed by atoms with E-state index in [1.54, 1.807) is 12.1 Å². The number of nitrogens with zero attached hydrogens (tertiary/aromatic N) is 1. The molecular formula is C11H8F3NO. The minimum Gasteiger partial charge on any atom is -0.319 e. The molecule has 16 heavy (non-hydrogen) atoms. The molecule has 0 bridgehead atoms. The fraction of sp³-hybridized carbons (Fsp3) is 0.273. The van der Waals surface area contributed by atoms with Crippen LogP contribution in [0.25, 0.3) is 0 Å². The fourth-order valence-corrected chi connectivity index (χ4v) is 1.59. The molecule has 5 heteroatoms. The first-order valence-corrected chi connectivity index (χ1v) is 4.72. The summed E-state index contributed by atoms with van der Waals surface area (Å²) < 4.78 is 36.5. The van der Waals surface area contributed by atoms with Crippen LogP contribution in [-0.4, -0.2) is 23.5 Å². The van der Waals surface area contributed by atoms with E-state index in [0.717, 1.165) is 5.56 Å². The van der Waals surface area contributed by atoms with Crippen LogP contribution in [0.4, 0.5) is 13.2 Å². The summed E-state index contributed by atoms with van der Waals surface area (Å²) in [5.74, 6) is -1.86. The van der Waals surface area contributed by atoms with Crippen molar-refractivity contribution < 1.29 is 18.0 Å². The summed E-state index contributed by atoms with van der Waals surface area (Å²) in [6, 6.07) is 6.97. The number of rotatable bonds is 0. The van der Waals surface area contributed by atoms with Crippen LogP contribution in [-0.2, 0) is 11.2 Å². The van der Waals surface area contributed by atoms with Gasteiger partial charge in [0.25, 0.3) is 0 Å². The SMILES string of the molecule is O=C(N1[C]c2ccccc2CC1)C(F)(F)F. The zero-order valence-corrected chi connectivity index (χ0v) is 8.21. The van der Waals surface area contributed by atoms with Crippen LogP contribution in [0.1, 0.15) is 11.1 Å². The summed E-state index contributed by atoms with van der Waals surface area (Å²) in [5.41, 5.74) is 1.46. The van der Waals surface area contributed by atoms with Gasteiger partial charge in [-0.05, 0) is 17.5 Å². The van der Waals surface area contributed by atoms with Crippen LogP contribution in [0, 0.1) is 6.54 Å². The van der Waals surface area contributed by atoms with Gasteiger partial charge in [-0.2, -0.15) is 13.2 Å². The van der Waals surface area contributed by atoms with E-state index >= 15 is 0 Å². The maximum atomic E-state index is 12.2. The number of hydrogen-bond donors (Lipinski definition) is 0. The van der Waals surface area contributed by atoms with Gasteiger partial charge < -0.3 is 4.90 Å². The summed E-state index contributed by atoms with van der Waals surface area (Å²) in [6.07, 6.45) is -4.41. The van der Waals surface area contributed by atoms with Crippen LogP contribution < -0.4 is 0 Å². The van der Waals surface area contributed by atoms with Crippen molar-refractivity contribution in [3.63, 3.8) is 0 Å². The Morgan fingerprint density at radius 2 is 2.00 bits per heavy atom. The van der Waals surface area contributed by atoms with Gasteiger partial charge in [0.1, 0.15) is 6.54 Å². The Hall–Kier alpha value is -1.52. The highest BCUT2D eigenvalue weighted by Gasteiger charge is 2.43. The molecule has 1 heterocycles. The fourth-order valence-electron chi connectivity index (χ4n) is 1.59. The summed E-state index contributed by atoms with van der Waals surface area (Å²) in [4.78, 5) is 11.6. The maximum Gasteiger partial charge on any atom is 0.471 e. The van der Waals surface area contributed by atoms with E-state index in [2.05, 4.69) is 6.54 Å². The van der Waals surface area contributed by atoms with Crippen LogP contribution in [0.3, 0.4) is 0 Å². The average Bonchev–Trinajstić information content (AvgIpc) is 2.26. The molecule has 0 saturated heterocycles. The predicted octanol–water partition coefficient (Wildman–Crippen LogP) is 2.02. The standard InChI is InChI=1S/C11H8F3NO/c12-11(13,14)10(16)15-6-5-8-3-1-2-4-9(8)7-15/h1-4H,5-6H2. The van der Waals surface area contributed by atoms with Gasteiger partial charge in [-0.15, -0.1) is 0 Å². The summed E-state index contributed by atoms with van der Waals surface area (Å²) in [5, 5.41) is 0. The van der Waals surface area contributed by atoms with Gasteiger partial charge in [-0.3, -0.25) is 4.79 Å². The molecule has 0 saturated carbocycles. The third-order valence-corrected chi connectivity index (χ3v) is 2.37. The zero-order chi connectivity index (χ0) is 11.8. The number of alkyl halides is 3. The first-order chi connectivity index (χ1) is 7.48. The normalized spacial score (nSPS) is 15.8. The second-order valence-electron chi connectivity index (χ2n) is 3.47. The Kier molecular flexibility index (Phi) is 2.61. The molecule has 1 aromatic rings. The lowest BCUT2D eigenvalue weighted by Crippen LogP contribution is -2.42. The molecule has 0 atom stereocenters. The Balaban J connectivity index is 2.17. The molecule has 0 spiro atoms. The summed E-state index contributed by atoms with van der Waals surface area (Å²) in [7, 11) is 0. The molecule has 1 aromatic carbocycles. The van der Waals surface area contributed by atoms with Crippen molar-refractivity contribution in [2.75, 3.05) is 6.54 Å². The smallest absolute Gasteiger partial charge is 0.319 e. The zero-order valence-electron chi connectivity index (χ0n) is 8.21. The molecule has 84 valence electrons. The van der Waals surface area contributed by atoms with Crippen LogP contribution in [0.5, 0.6) is 0 Å². The van der Waals surface area contributed by atoms with Gasteiger partial charge in [0, 0.05) is 6.54 Å². The quantitative estimate of drug-likeness (QED) is 0.664. The highest BCUT2D eigenvalue weighted by Crippen LogP contribution is 2.25. The van der Waals surface area contributed by atoms with E-state index < -0.39 is 12.1 Å². The van der Waals surface area contributed by atoms with Crippen molar-refractivity contribution in [3.05, 3.63) is 41.9 Å². The molecule has 2 rings (SSSR count). The molecule has 1 amide bonds. The maximum absolute atomic E-state index is 12.2. The number of carbonyl (C=O) groups excluding carboxylic acids is 1. The topological polar surface area (TPSA) is 20.3 Å². The van der Waals surface area contributed by atoms with E-state index in [4.69, 9.17) is 0 Å². The summed E-state index contributed by atoms with van der Waals surface area (Å²) in [6.45, 7) is 2.49. The molecule has 0 fully saturated rings. The van der Waals surface area contributed by atoms with E-state index in [9.17, 15) is 18.0 Å². The van der Waals surface area contributed by atoms with Crippen LogP contribution in [0.15, 0.2) is 24.3 Å². The highest BCUT2D eigenvalue weighted by atomic mass is 19.4. The third-order valence-electron chi connectivity index (χ3n) is 2.37. The highest BCUT2D eigenvalue weighted by molar-refractivity contribution is 5.83. The largest absolute Gasteiger partial charge is 0.471 e. The van der Waals surface area contributed by atoms with Gasteiger partial charge in [-0.1, -0.05) is 24.3 Å². The first kappa shape index (κ1) is 11.0. The molecular weight excluding hydrogens is 219 g/mol. The Morgan fingerprint density at radius 3 is 2.69 bits per heavy atom. The van der Waals surface area contributed by atoms with Crippen molar-refractivity contribution in [1.29, 1.82) is 0 Å². The van der Waals surface area contributed by atoms with Gasteiger partial charge >= 0.3 is 12.1 Å². The van der Waals surface area contributed by atoms with Crippen molar-refractivity contribution in [3.8, 4) is 0 Å². The molecule has 1 aliphatic heterocycles. The van der Waals surface area contributed by atoms with Gasteiger partial charge in [0.05, 0.1) is 0 Å². The second kappa shape index (κ2) is 3.81. The molecule has 0 unspecified atom stereocenters. The predicted molar refractivity (Wildman–Crippen MR) is 50.3 cm³/mol. The first-order valence-electron chi connectivity index (χ1n) is 4.72. The van der Waals surface area contributed by atoms with E-state index in [0.29, 0.717) is 16.9 Å². The number of fused-ring (bicyclic) bond motifs is 1. The summed E-state index contributed by atoms with van der Waals surface area (Å²) >= 11 is 0. The number of hydrogen-bond acceptors (Lipinski definition) is 1.